The first kappa shape index (κ1) is 24.0. The summed E-state index contributed by atoms with van der Waals surface area (Å²) in [6, 6.07) is 8.29. The van der Waals surface area contributed by atoms with Crippen molar-refractivity contribution >= 4 is 11.9 Å². The first-order valence-electron chi connectivity index (χ1n) is 10.4. The summed E-state index contributed by atoms with van der Waals surface area (Å²) >= 11 is 0. The predicted molar refractivity (Wildman–Crippen MR) is 112 cm³/mol. The summed E-state index contributed by atoms with van der Waals surface area (Å²) in [5.41, 5.74) is 2.29. The van der Waals surface area contributed by atoms with Crippen LogP contribution in [-0.4, -0.2) is 67.6 Å². The molecule has 1 amide bonds. The van der Waals surface area contributed by atoms with Gasteiger partial charge in [-0.3, -0.25) is 9.69 Å². The molecule has 2 rings (SSSR count). The molecule has 0 aromatic heterocycles. The average molecular weight is 428 g/mol. The van der Waals surface area contributed by atoms with Crippen molar-refractivity contribution in [3.8, 4) is 0 Å². The maximum Gasteiger partial charge on any atom is 0.406 e. The predicted octanol–water partition coefficient (Wildman–Crippen LogP) is 2.75. The lowest BCUT2D eigenvalue weighted by Crippen LogP contribution is -2.45. The third-order valence-corrected chi connectivity index (χ3v) is 4.89. The van der Waals surface area contributed by atoms with Gasteiger partial charge in [0.2, 0.25) is 5.91 Å². The second-order valence-corrected chi connectivity index (χ2v) is 7.57. The van der Waals surface area contributed by atoms with Crippen molar-refractivity contribution in [3.05, 3.63) is 35.4 Å². The maximum absolute atomic E-state index is 12.4. The Bertz CT molecular complexity index is 685. The van der Waals surface area contributed by atoms with Gasteiger partial charge < -0.3 is 15.5 Å². The van der Waals surface area contributed by atoms with E-state index in [-0.39, 0.29) is 6.54 Å². The fraction of sp³-hybridized carbons (Fsp3) is 0.619. The summed E-state index contributed by atoms with van der Waals surface area (Å²) in [7, 11) is 1.13. The number of rotatable bonds is 8. The van der Waals surface area contributed by atoms with Crippen LogP contribution in [0.4, 0.5) is 13.2 Å². The standard InChI is InChI=1S/C21H32F3N5O/c1-3-25-20(27-14-19(30)28(2)16-21(22,23)24)26-13-17-7-9-18(10-8-17)15-29-11-5-4-6-12-29/h7-10H,3-6,11-16H2,1-2H3,(H2,25,26,27). The van der Waals surface area contributed by atoms with Gasteiger partial charge in [-0.25, -0.2) is 4.99 Å². The van der Waals surface area contributed by atoms with Crippen LogP contribution >= 0.6 is 0 Å². The number of halogens is 3. The van der Waals surface area contributed by atoms with Gasteiger partial charge in [0.15, 0.2) is 5.96 Å². The summed E-state index contributed by atoms with van der Waals surface area (Å²) in [5, 5.41) is 5.80. The number of carbonyl (C=O) groups excluding carboxylic acids is 1. The van der Waals surface area contributed by atoms with E-state index in [1.54, 1.807) is 0 Å². The number of carbonyl (C=O) groups is 1. The Morgan fingerprint density at radius 2 is 1.73 bits per heavy atom. The SMILES string of the molecule is CCNC(=NCc1ccc(CN2CCCCC2)cc1)NCC(=O)N(C)CC(F)(F)F. The number of nitrogens with one attached hydrogen (secondary N) is 2. The van der Waals surface area contributed by atoms with Crippen LogP contribution in [0.5, 0.6) is 0 Å². The molecule has 1 aromatic rings. The lowest BCUT2D eigenvalue weighted by Gasteiger charge is -2.26. The van der Waals surface area contributed by atoms with Crippen LogP contribution in [0.25, 0.3) is 0 Å². The second kappa shape index (κ2) is 11.8. The molecule has 0 bridgehead atoms. The molecule has 0 unspecified atom stereocenters. The number of piperidine rings is 1. The van der Waals surface area contributed by atoms with Crippen LogP contribution in [0, 0.1) is 0 Å². The van der Waals surface area contributed by atoms with E-state index in [9.17, 15) is 18.0 Å². The average Bonchev–Trinajstić information content (AvgIpc) is 2.70. The minimum absolute atomic E-state index is 0.257. The van der Waals surface area contributed by atoms with Crippen molar-refractivity contribution in [2.75, 3.05) is 39.8 Å². The molecule has 0 radical (unpaired) electrons. The van der Waals surface area contributed by atoms with Gasteiger partial charge in [-0.2, -0.15) is 13.2 Å². The molecule has 1 aromatic carbocycles. The van der Waals surface area contributed by atoms with E-state index in [1.807, 2.05) is 19.1 Å². The van der Waals surface area contributed by atoms with Gasteiger partial charge in [0, 0.05) is 20.1 Å². The molecule has 2 N–H and O–H groups in total. The van der Waals surface area contributed by atoms with Gasteiger partial charge in [-0.05, 0) is 44.0 Å². The van der Waals surface area contributed by atoms with Crippen LogP contribution < -0.4 is 10.6 Å². The monoisotopic (exact) mass is 427 g/mol. The van der Waals surface area contributed by atoms with Crippen LogP contribution in [0.15, 0.2) is 29.3 Å². The van der Waals surface area contributed by atoms with Crippen molar-refractivity contribution < 1.29 is 18.0 Å². The van der Waals surface area contributed by atoms with E-state index in [2.05, 4.69) is 32.7 Å². The quantitative estimate of drug-likeness (QED) is 0.495. The maximum atomic E-state index is 12.4. The van der Waals surface area contributed by atoms with E-state index in [0.29, 0.717) is 23.9 Å². The van der Waals surface area contributed by atoms with Gasteiger partial charge >= 0.3 is 6.18 Å². The van der Waals surface area contributed by atoms with E-state index < -0.39 is 18.6 Å². The van der Waals surface area contributed by atoms with Crippen LogP contribution in [0.1, 0.15) is 37.3 Å². The number of benzene rings is 1. The molecule has 1 saturated heterocycles. The summed E-state index contributed by atoms with van der Waals surface area (Å²) in [6.45, 7) is 4.60. The number of nitrogens with zero attached hydrogens (tertiary/aromatic N) is 3. The smallest absolute Gasteiger partial charge is 0.357 e. The zero-order chi connectivity index (χ0) is 22.0. The van der Waals surface area contributed by atoms with Crippen molar-refractivity contribution in [3.63, 3.8) is 0 Å². The van der Waals surface area contributed by atoms with Crippen molar-refractivity contribution in [2.24, 2.45) is 4.99 Å². The molecule has 1 heterocycles. The Balaban J connectivity index is 1.85. The number of hydrogen-bond donors (Lipinski definition) is 2. The lowest BCUT2D eigenvalue weighted by atomic mass is 10.1. The molecule has 1 aliphatic rings. The minimum atomic E-state index is -4.41. The number of hydrogen-bond acceptors (Lipinski definition) is 3. The molecule has 0 saturated carbocycles. The molecule has 1 aliphatic heterocycles. The highest BCUT2D eigenvalue weighted by atomic mass is 19.4. The second-order valence-electron chi connectivity index (χ2n) is 7.57. The highest BCUT2D eigenvalue weighted by Gasteiger charge is 2.31. The van der Waals surface area contributed by atoms with Gasteiger partial charge in [0.25, 0.3) is 0 Å². The number of likely N-dealkylation sites (tertiary alicyclic amines) is 1. The van der Waals surface area contributed by atoms with Crippen molar-refractivity contribution in [2.45, 2.75) is 45.5 Å². The lowest BCUT2D eigenvalue weighted by molar-refractivity contribution is -0.157. The fourth-order valence-electron chi connectivity index (χ4n) is 3.29. The molecule has 1 fully saturated rings. The van der Waals surface area contributed by atoms with Crippen LogP contribution in [0.2, 0.25) is 0 Å². The first-order valence-corrected chi connectivity index (χ1v) is 10.4. The topological polar surface area (TPSA) is 60.0 Å². The number of guanidine groups is 1. The Morgan fingerprint density at radius 1 is 1.10 bits per heavy atom. The number of alkyl halides is 3. The van der Waals surface area contributed by atoms with E-state index >= 15 is 0 Å². The largest absolute Gasteiger partial charge is 0.406 e. The molecule has 6 nitrogen and oxygen atoms in total. The van der Waals surface area contributed by atoms with Gasteiger partial charge in [-0.15, -0.1) is 0 Å². The Labute approximate surface area is 176 Å². The van der Waals surface area contributed by atoms with E-state index in [4.69, 9.17) is 0 Å². The Kier molecular flexibility index (Phi) is 9.42. The molecule has 9 heteroatoms. The van der Waals surface area contributed by atoms with Gasteiger partial charge in [-0.1, -0.05) is 30.7 Å². The van der Waals surface area contributed by atoms with E-state index in [0.717, 1.165) is 32.2 Å². The molecule has 168 valence electrons. The number of amides is 1. The molecule has 0 aliphatic carbocycles. The summed E-state index contributed by atoms with van der Waals surface area (Å²) in [5.74, 6) is -0.261. The fourth-order valence-corrected chi connectivity index (χ4v) is 3.29. The zero-order valence-electron chi connectivity index (χ0n) is 17.8. The third kappa shape index (κ3) is 9.02. The summed E-state index contributed by atoms with van der Waals surface area (Å²) in [6.07, 6.45) is -0.564. The van der Waals surface area contributed by atoms with Crippen LogP contribution in [0.3, 0.4) is 0 Å². The highest BCUT2D eigenvalue weighted by Crippen LogP contribution is 2.15. The zero-order valence-corrected chi connectivity index (χ0v) is 17.8. The third-order valence-electron chi connectivity index (χ3n) is 4.89. The van der Waals surface area contributed by atoms with Gasteiger partial charge in [0.05, 0.1) is 13.1 Å². The van der Waals surface area contributed by atoms with Crippen molar-refractivity contribution in [1.82, 2.24) is 20.4 Å². The van der Waals surface area contributed by atoms with Crippen LogP contribution in [-0.2, 0) is 17.9 Å². The molecular weight excluding hydrogens is 395 g/mol. The molecule has 30 heavy (non-hydrogen) atoms. The van der Waals surface area contributed by atoms with Gasteiger partial charge in [0.1, 0.15) is 6.54 Å². The Morgan fingerprint density at radius 3 is 2.33 bits per heavy atom. The highest BCUT2D eigenvalue weighted by molar-refractivity contribution is 5.86. The molecule has 0 spiro atoms. The minimum Gasteiger partial charge on any atom is -0.357 e. The van der Waals surface area contributed by atoms with Crippen molar-refractivity contribution in [1.29, 1.82) is 0 Å². The molecular formula is C21H32F3N5O. The Hall–Kier alpha value is -2.29. The normalized spacial score (nSPS) is 15.7. The summed E-state index contributed by atoms with van der Waals surface area (Å²) < 4.78 is 37.2. The number of aliphatic imine (C=N–C) groups is 1. The number of likely N-dealkylation sites (N-methyl/N-ethyl adjacent to an activating group) is 1. The summed E-state index contributed by atoms with van der Waals surface area (Å²) in [4.78, 5) is 19.4. The molecule has 0 atom stereocenters. The van der Waals surface area contributed by atoms with E-state index in [1.165, 1.54) is 24.8 Å². The first-order chi connectivity index (χ1) is 14.3.